The number of furan rings is 1. The molecule has 6 heteroatoms. The quantitative estimate of drug-likeness (QED) is 0.778. The van der Waals surface area contributed by atoms with Crippen molar-refractivity contribution in [3.05, 3.63) is 48.4 Å². The number of aliphatic hydroxyl groups excluding tert-OH is 1. The minimum absolute atomic E-state index is 0.114. The summed E-state index contributed by atoms with van der Waals surface area (Å²) in [6.07, 6.45) is 1.14. The fraction of sp³-hybridized carbons (Fsp3) is 0.312. The highest BCUT2D eigenvalue weighted by atomic mass is 16.5. The number of ether oxygens (including phenoxy) is 2. The molecule has 0 bridgehead atoms. The van der Waals surface area contributed by atoms with Crippen LogP contribution in [0.3, 0.4) is 0 Å². The molecule has 1 unspecified atom stereocenters. The highest BCUT2D eigenvalue weighted by Gasteiger charge is 2.11. The van der Waals surface area contributed by atoms with E-state index in [1.807, 2.05) is 6.07 Å². The van der Waals surface area contributed by atoms with Crippen LogP contribution in [-0.2, 0) is 4.79 Å². The number of benzene rings is 1. The lowest BCUT2D eigenvalue weighted by molar-refractivity contribution is -0.123. The van der Waals surface area contributed by atoms with Gasteiger partial charge in [-0.2, -0.15) is 0 Å². The second-order valence-corrected chi connectivity index (χ2v) is 4.61. The largest absolute Gasteiger partial charge is 0.493 e. The molecule has 1 heterocycles. The fourth-order valence-corrected chi connectivity index (χ4v) is 1.90. The number of methoxy groups -OCH3 is 1. The van der Waals surface area contributed by atoms with Crippen LogP contribution in [0, 0.1) is 0 Å². The van der Waals surface area contributed by atoms with Gasteiger partial charge in [0.25, 0.3) is 5.91 Å². The topological polar surface area (TPSA) is 80.9 Å². The SMILES string of the molecule is COc1ccccc1OCC(=O)NCCC(O)c1ccco1. The Hall–Kier alpha value is -2.47. The summed E-state index contributed by atoms with van der Waals surface area (Å²) in [4.78, 5) is 11.7. The molecule has 1 atom stereocenters. The number of hydrogen-bond donors (Lipinski definition) is 2. The van der Waals surface area contributed by atoms with Crippen molar-refractivity contribution in [3.8, 4) is 11.5 Å². The molecule has 22 heavy (non-hydrogen) atoms. The average Bonchev–Trinajstić information content (AvgIpc) is 3.07. The molecule has 2 N–H and O–H groups in total. The third kappa shape index (κ3) is 4.53. The number of carbonyl (C=O) groups is 1. The molecule has 1 aromatic heterocycles. The van der Waals surface area contributed by atoms with E-state index < -0.39 is 6.10 Å². The Morgan fingerprint density at radius 1 is 1.27 bits per heavy atom. The van der Waals surface area contributed by atoms with E-state index in [1.54, 1.807) is 30.3 Å². The molecule has 0 radical (unpaired) electrons. The maximum atomic E-state index is 11.7. The summed E-state index contributed by atoms with van der Waals surface area (Å²) in [7, 11) is 1.54. The third-order valence-corrected chi connectivity index (χ3v) is 3.04. The smallest absolute Gasteiger partial charge is 0.257 e. The monoisotopic (exact) mass is 305 g/mol. The predicted octanol–water partition coefficient (Wildman–Crippen LogP) is 1.91. The molecule has 0 fully saturated rings. The van der Waals surface area contributed by atoms with Gasteiger partial charge in [-0.25, -0.2) is 0 Å². The first-order chi connectivity index (χ1) is 10.7. The van der Waals surface area contributed by atoms with Crippen LogP contribution in [-0.4, -0.2) is 31.3 Å². The summed E-state index contributed by atoms with van der Waals surface area (Å²) >= 11 is 0. The van der Waals surface area contributed by atoms with Gasteiger partial charge in [0.2, 0.25) is 0 Å². The summed E-state index contributed by atoms with van der Waals surface area (Å²) in [6.45, 7) is 0.215. The lowest BCUT2D eigenvalue weighted by Gasteiger charge is -2.11. The first-order valence-electron chi connectivity index (χ1n) is 6.94. The van der Waals surface area contributed by atoms with Crippen molar-refractivity contribution in [2.75, 3.05) is 20.3 Å². The van der Waals surface area contributed by atoms with Gasteiger partial charge in [0.05, 0.1) is 13.4 Å². The number of para-hydroxylation sites is 2. The number of aliphatic hydroxyl groups is 1. The van der Waals surface area contributed by atoms with Gasteiger partial charge in [0.1, 0.15) is 11.9 Å². The molecule has 118 valence electrons. The minimum atomic E-state index is -0.731. The van der Waals surface area contributed by atoms with E-state index in [0.29, 0.717) is 30.2 Å². The summed E-state index contributed by atoms with van der Waals surface area (Å²) in [6, 6.07) is 10.5. The molecule has 0 aliphatic carbocycles. The molecule has 6 nitrogen and oxygen atoms in total. The summed E-state index contributed by atoms with van der Waals surface area (Å²) in [5, 5.41) is 12.5. The highest BCUT2D eigenvalue weighted by Crippen LogP contribution is 2.25. The van der Waals surface area contributed by atoms with E-state index in [9.17, 15) is 9.90 Å². The minimum Gasteiger partial charge on any atom is -0.493 e. The van der Waals surface area contributed by atoms with Gasteiger partial charge in [0, 0.05) is 6.54 Å². The van der Waals surface area contributed by atoms with E-state index in [0.717, 1.165) is 0 Å². The van der Waals surface area contributed by atoms with Gasteiger partial charge in [-0.05, 0) is 30.7 Å². The van der Waals surface area contributed by atoms with Gasteiger partial charge in [0.15, 0.2) is 18.1 Å². The molecular weight excluding hydrogens is 286 g/mol. The Labute approximate surface area is 128 Å². The Morgan fingerprint density at radius 2 is 2.05 bits per heavy atom. The van der Waals surface area contributed by atoms with Crippen LogP contribution in [0.4, 0.5) is 0 Å². The van der Waals surface area contributed by atoms with E-state index in [2.05, 4.69) is 5.32 Å². The predicted molar refractivity (Wildman–Crippen MR) is 79.8 cm³/mol. The third-order valence-electron chi connectivity index (χ3n) is 3.04. The molecular formula is C16H19NO5. The van der Waals surface area contributed by atoms with Crippen molar-refractivity contribution in [3.63, 3.8) is 0 Å². The second kappa shape index (κ2) is 8.09. The van der Waals surface area contributed by atoms with Gasteiger partial charge in [-0.3, -0.25) is 4.79 Å². The second-order valence-electron chi connectivity index (χ2n) is 4.61. The van der Waals surface area contributed by atoms with Crippen molar-refractivity contribution in [2.24, 2.45) is 0 Å². The van der Waals surface area contributed by atoms with Crippen molar-refractivity contribution >= 4 is 5.91 Å². The van der Waals surface area contributed by atoms with E-state index >= 15 is 0 Å². The van der Waals surface area contributed by atoms with Crippen LogP contribution in [0.15, 0.2) is 47.1 Å². The normalized spacial score (nSPS) is 11.7. The maximum absolute atomic E-state index is 11.7. The first-order valence-corrected chi connectivity index (χ1v) is 6.94. The number of hydrogen-bond acceptors (Lipinski definition) is 5. The van der Waals surface area contributed by atoms with Crippen molar-refractivity contribution in [2.45, 2.75) is 12.5 Å². The van der Waals surface area contributed by atoms with E-state index in [4.69, 9.17) is 13.9 Å². The molecule has 0 aliphatic rings. The van der Waals surface area contributed by atoms with Crippen LogP contribution in [0.25, 0.3) is 0 Å². The van der Waals surface area contributed by atoms with Crippen molar-refractivity contribution in [1.82, 2.24) is 5.32 Å². The zero-order valence-corrected chi connectivity index (χ0v) is 12.3. The van der Waals surface area contributed by atoms with Crippen molar-refractivity contribution < 1.29 is 23.8 Å². The molecule has 0 aliphatic heterocycles. The standard InChI is InChI=1S/C16H19NO5/c1-20-14-5-2-3-6-15(14)22-11-16(19)17-9-8-12(18)13-7-4-10-21-13/h2-7,10,12,18H,8-9,11H2,1H3,(H,17,19). The van der Waals surface area contributed by atoms with Crippen LogP contribution in [0.1, 0.15) is 18.3 Å². The zero-order chi connectivity index (χ0) is 15.8. The fourth-order valence-electron chi connectivity index (χ4n) is 1.90. The Bertz CT molecular complexity index is 582. The van der Waals surface area contributed by atoms with Crippen LogP contribution in [0.5, 0.6) is 11.5 Å². The van der Waals surface area contributed by atoms with Gasteiger partial charge in [-0.1, -0.05) is 12.1 Å². The van der Waals surface area contributed by atoms with Crippen molar-refractivity contribution in [1.29, 1.82) is 0 Å². The van der Waals surface area contributed by atoms with Gasteiger partial charge in [-0.15, -0.1) is 0 Å². The molecule has 0 saturated heterocycles. The lowest BCUT2D eigenvalue weighted by atomic mass is 10.2. The Kier molecular flexibility index (Phi) is 5.85. The van der Waals surface area contributed by atoms with E-state index in [-0.39, 0.29) is 12.5 Å². The number of rotatable bonds is 8. The van der Waals surface area contributed by atoms with Crippen LogP contribution in [0.2, 0.25) is 0 Å². The molecule has 0 spiro atoms. The zero-order valence-electron chi connectivity index (χ0n) is 12.3. The average molecular weight is 305 g/mol. The van der Waals surface area contributed by atoms with Crippen LogP contribution < -0.4 is 14.8 Å². The molecule has 1 amide bonds. The molecule has 2 aromatic rings. The summed E-state index contributed by atoms with van der Waals surface area (Å²) < 4.78 is 15.6. The molecule has 1 aromatic carbocycles. The van der Waals surface area contributed by atoms with Gasteiger partial charge < -0.3 is 24.3 Å². The maximum Gasteiger partial charge on any atom is 0.257 e. The lowest BCUT2D eigenvalue weighted by Crippen LogP contribution is -2.30. The molecule has 2 rings (SSSR count). The Balaban J connectivity index is 1.70. The number of nitrogens with one attached hydrogen (secondary N) is 1. The number of carbonyl (C=O) groups excluding carboxylic acids is 1. The molecule has 0 saturated carbocycles. The Morgan fingerprint density at radius 3 is 2.73 bits per heavy atom. The summed E-state index contributed by atoms with van der Waals surface area (Å²) in [5.41, 5.74) is 0. The van der Waals surface area contributed by atoms with Gasteiger partial charge >= 0.3 is 0 Å². The first kappa shape index (κ1) is 15.9. The van der Waals surface area contributed by atoms with Crippen LogP contribution >= 0.6 is 0 Å². The number of amides is 1. The highest BCUT2D eigenvalue weighted by molar-refractivity contribution is 5.77. The summed E-state index contributed by atoms with van der Waals surface area (Å²) in [5.74, 6) is 1.30. The van der Waals surface area contributed by atoms with E-state index in [1.165, 1.54) is 13.4 Å².